The van der Waals surface area contributed by atoms with E-state index in [1.807, 2.05) is 18.2 Å². The molecular formula is C26H24N2O5. The largest absolute Gasteiger partial charge is 0.481 e. The first-order chi connectivity index (χ1) is 16.0. The van der Waals surface area contributed by atoms with E-state index in [4.69, 9.17) is 0 Å². The summed E-state index contributed by atoms with van der Waals surface area (Å²) >= 11 is 0. The van der Waals surface area contributed by atoms with Gasteiger partial charge in [-0.2, -0.15) is 0 Å². The number of carboxylic acid groups (broad SMARTS) is 1. The predicted molar refractivity (Wildman–Crippen MR) is 121 cm³/mol. The number of benzene rings is 2. The van der Waals surface area contributed by atoms with E-state index in [0.29, 0.717) is 5.56 Å². The number of hydrogen-bond acceptors (Lipinski definition) is 5. The fourth-order valence-electron chi connectivity index (χ4n) is 5.24. The van der Waals surface area contributed by atoms with E-state index in [1.54, 1.807) is 24.3 Å². The third kappa shape index (κ3) is 3.63. The maximum atomic E-state index is 12.7. The average Bonchev–Trinajstić information content (AvgIpc) is 3.31. The highest BCUT2D eigenvalue weighted by molar-refractivity contribution is 6.21. The number of aliphatic carboxylic acids is 1. The summed E-state index contributed by atoms with van der Waals surface area (Å²) in [6.45, 7) is -0.290. The number of rotatable bonds is 6. The minimum absolute atomic E-state index is 0.106. The molecule has 7 heteroatoms. The van der Waals surface area contributed by atoms with Gasteiger partial charge in [0.15, 0.2) is 0 Å². The number of hydrogen-bond donors (Lipinski definition) is 2. The SMILES string of the molecule is O=C(O)C(C/C(=N/O)c1ccc2c(c1)CC1=C2CCCC1)CN1C(=O)c2ccccc2C1=O. The second-order valence-electron chi connectivity index (χ2n) is 8.89. The van der Waals surface area contributed by atoms with Crippen molar-refractivity contribution in [2.75, 3.05) is 6.54 Å². The van der Waals surface area contributed by atoms with Crippen LogP contribution in [0.1, 0.15) is 69.5 Å². The van der Waals surface area contributed by atoms with E-state index in [1.165, 1.54) is 35.1 Å². The first kappa shape index (κ1) is 21.1. The maximum absolute atomic E-state index is 12.7. The summed E-state index contributed by atoms with van der Waals surface area (Å²) in [7, 11) is 0. The second-order valence-corrected chi connectivity index (χ2v) is 8.89. The van der Waals surface area contributed by atoms with Crippen LogP contribution in [0, 0.1) is 5.92 Å². The number of carboxylic acids is 1. The van der Waals surface area contributed by atoms with Gasteiger partial charge < -0.3 is 10.3 Å². The van der Waals surface area contributed by atoms with E-state index < -0.39 is 23.7 Å². The lowest BCUT2D eigenvalue weighted by Crippen LogP contribution is -2.38. The van der Waals surface area contributed by atoms with Crippen LogP contribution in [0.15, 0.2) is 53.2 Å². The van der Waals surface area contributed by atoms with Gasteiger partial charge in [-0.15, -0.1) is 0 Å². The predicted octanol–water partition coefficient (Wildman–Crippen LogP) is 4.14. The highest BCUT2D eigenvalue weighted by atomic mass is 16.4. The maximum Gasteiger partial charge on any atom is 0.308 e. The van der Waals surface area contributed by atoms with Crippen LogP contribution in [0.2, 0.25) is 0 Å². The van der Waals surface area contributed by atoms with Crippen molar-refractivity contribution in [1.82, 2.24) is 4.90 Å². The molecular weight excluding hydrogens is 420 g/mol. The van der Waals surface area contributed by atoms with Crippen LogP contribution >= 0.6 is 0 Å². The molecule has 2 aliphatic carbocycles. The van der Waals surface area contributed by atoms with Crippen LogP contribution in [0.25, 0.3) is 5.57 Å². The van der Waals surface area contributed by atoms with Gasteiger partial charge in [-0.3, -0.25) is 19.3 Å². The van der Waals surface area contributed by atoms with Gasteiger partial charge in [0.05, 0.1) is 22.8 Å². The molecule has 0 saturated heterocycles. The van der Waals surface area contributed by atoms with Crippen molar-refractivity contribution < 1.29 is 24.7 Å². The van der Waals surface area contributed by atoms with Crippen molar-refractivity contribution in [3.05, 3.63) is 75.9 Å². The fraction of sp³-hybridized carbons (Fsp3) is 0.308. The monoisotopic (exact) mass is 444 g/mol. The van der Waals surface area contributed by atoms with Gasteiger partial charge in [-0.1, -0.05) is 35.0 Å². The van der Waals surface area contributed by atoms with Gasteiger partial charge in [-0.25, -0.2) is 0 Å². The highest BCUT2D eigenvalue weighted by Crippen LogP contribution is 2.41. The minimum Gasteiger partial charge on any atom is -0.481 e. The Morgan fingerprint density at radius 2 is 1.70 bits per heavy atom. The molecule has 7 nitrogen and oxygen atoms in total. The van der Waals surface area contributed by atoms with Crippen molar-refractivity contribution >= 4 is 29.1 Å². The molecule has 0 radical (unpaired) electrons. The Morgan fingerprint density at radius 3 is 2.36 bits per heavy atom. The molecule has 1 unspecified atom stereocenters. The summed E-state index contributed by atoms with van der Waals surface area (Å²) in [6.07, 6.45) is 5.38. The van der Waals surface area contributed by atoms with Crippen molar-refractivity contribution in [3.63, 3.8) is 0 Å². The lowest BCUT2D eigenvalue weighted by atomic mass is 9.91. The summed E-state index contributed by atoms with van der Waals surface area (Å²) in [4.78, 5) is 38.3. The van der Waals surface area contributed by atoms with Gasteiger partial charge in [0.25, 0.3) is 11.8 Å². The average molecular weight is 444 g/mol. The summed E-state index contributed by atoms with van der Waals surface area (Å²) in [5, 5.41) is 22.9. The number of oxime groups is 1. The zero-order valence-electron chi connectivity index (χ0n) is 18.1. The third-order valence-electron chi connectivity index (χ3n) is 6.94. The molecule has 1 heterocycles. The van der Waals surface area contributed by atoms with E-state index in [-0.39, 0.29) is 29.8 Å². The zero-order valence-corrected chi connectivity index (χ0v) is 18.1. The van der Waals surface area contributed by atoms with Crippen LogP contribution in [0.4, 0.5) is 0 Å². The molecule has 0 fully saturated rings. The van der Waals surface area contributed by atoms with Gasteiger partial charge in [0.1, 0.15) is 0 Å². The number of carbonyl (C=O) groups excluding carboxylic acids is 2. The van der Waals surface area contributed by atoms with Crippen LogP contribution in [0.3, 0.4) is 0 Å². The lowest BCUT2D eigenvalue weighted by Gasteiger charge is -2.20. The molecule has 1 atom stereocenters. The minimum atomic E-state index is -1.16. The van der Waals surface area contributed by atoms with Gasteiger partial charge in [0.2, 0.25) is 0 Å². The van der Waals surface area contributed by atoms with Crippen molar-refractivity contribution in [3.8, 4) is 0 Å². The number of amides is 2. The highest BCUT2D eigenvalue weighted by Gasteiger charge is 2.38. The summed E-state index contributed by atoms with van der Waals surface area (Å²) < 4.78 is 0. The molecule has 2 aromatic carbocycles. The van der Waals surface area contributed by atoms with Crippen LogP contribution < -0.4 is 0 Å². The first-order valence-electron chi connectivity index (χ1n) is 11.2. The Bertz CT molecular complexity index is 1210. The van der Waals surface area contributed by atoms with Crippen molar-refractivity contribution in [2.24, 2.45) is 11.1 Å². The number of carbonyl (C=O) groups is 3. The zero-order chi connectivity index (χ0) is 23.1. The molecule has 0 aromatic heterocycles. The van der Waals surface area contributed by atoms with E-state index >= 15 is 0 Å². The number of nitrogens with zero attached hydrogens (tertiary/aromatic N) is 2. The van der Waals surface area contributed by atoms with Gasteiger partial charge in [0, 0.05) is 13.0 Å². The molecule has 3 aliphatic rings. The van der Waals surface area contributed by atoms with Crippen molar-refractivity contribution in [2.45, 2.75) is 38.5 Å². The number of fused-ring (bicyclic) bond motifs is 3. The first-order valence-corrected chi connectivity index (χ1v) is 11.2. The number of allylic oxidation sites excluding steroid dienone is 2. The van der Waals surface area contributed by atoms with E-state index in [0.717, 1.165) is 24.2 Å². The Morgan fingerprint density at radius 1 is 1.00 bits per heavy atom. The molecule has 33 heavy (non-hydrogen) atoms. The summed E-state index contributed by atoms with van der Waals surface area (Å²) in [5.41, 5.74) is 6.76. The standard InChI is InChI=1S/C26H24N2O5/c29-24-21-7-3-4-8-22(21)25(30)28(24)14-18(26(31)32)13-23(27-33)16-9-10-20-17(12-16)11-15-5-1-2-6-19(15)20/h3-4,7-10,12,18,33H,1-2,5-6,11,13-14H2,(H,31,32)/b27-23-. The van der Waals surface area contributed by atoms with E-state index in [9.17, 15) is 24.7 Å². The molecule has 5 rings (SSSR count). The Balaban J connectivity index is 1.35. The Labute approximate surface area is 191 Å². The Kier molecular flexibility index (Phi) is 5.32. The van der Waals surface area contributed by atoms with Gasteiger partial charge >= 0.3 is 5.97 Å². The molecule has 1 aliphatic heterocycles. The van der Waals surface area contributed by atoms with Crippen molar-refractivity contribution in [1.29, 1.82) is 0 Å². The van der Waals surface area contributed by atoms with Gasteiger partial charge in [-0.05, 0) is 72.6 Å². The van der Waals surface area contributed by atoms with Crippen LogP contribution in [0.5, 0.6) is 0 Å². The molecule has 2 aromatic rings. The molecule has 0 spiro atoms. The lowest BCUT2D eigenvalue weighted by molar-refractivity contribution is -0.141. The van der Waals surface area contributed by atoms with Crippen LogP contribution in [-0.2, 0) is 11.2 Å². The topological polar surface area (TPSA) is 107 Å². The number of imide groups is 1. The fourth-order valence-corrected chi connectivity index (χ4v) is 5.24. The summed E-state index contributed by atoms with van der Waals surface area (Å²) in [6, 6.07) is 12.3. The van der Waals surface area contributed by atoms with Crippen LogP contribution in [-0.4, -0.2) is 45.3 Å². The molecule has 2 amide bonds. The molecule has 168 valence electrons. The molecule has 0 bridgehead atoms. The third-order valence-corrected chi connectivity index (χ3v) is 6.94. The normalized spacial score (nSPS) is 18.3. The molecule has 2 N–H and O–H groups in total. The molecule has 0 saturated carbocycles. The second kappa shape index (κ2) is 8.31. The smallest absolute Gasteiger partial charge is 0.308 e. The van der Waals surface area contributed by atoms with E-state index in [2.05, 4.69) is 5.16 Å². The Hall–Kier alpha value is -3.74. The summed E-state index contributed by atoms with van der Waals surface area (Å²) in [5.74, 6) is -3.26. The quantitative estimate of drug-likeness (QED) is 0.301.